The minimum absolute atomic E-state index is 0.0543. The highest BCUT2D eigenvalue weighted by atomic mass is 35.5. The molecule has 2 aromatic heterocycles. The first-order valence-corrected chi connectivity index (χ1v) is 12.8. The van der Waals surface area contributed by atoms with Crippen LogP contribution in [0.2, 0.25) is 10.0 Å². The lowest BCUT2D eigenvalue weighted by Gasteiger charge is -2.33. The van der Waals surface area contributed by atoms with Gasteiger partial charge in [0.25, 0.3) is 5.56 Å². The van der Waals surface area contributed by atoms with Gasteiger partial charge in [-0.15, -0.1) is 11.3 Å². The SMILES string of the molecule is C[C@@H]1CCCCN1C(=O)Cn1c(=O)c2ccccc2n2c(=S)sc(-c3ccc(Cl)cc3Cl)c12. The van der Waals surface area contributed by atoms with Crippen molar-refractivity contribution in [3.05, 3.63) is 66.8 Å². The minimum atomic E-state index is -0.220. The highest BCUT2D eigenvalue weighted by Crippen LogP contribution is 2.38. The van der Waals surface area contributed by atoms with E-state index in [1.54, 1.807) is 22.8 Å². The standard InChI is InChI=1S/C24H21Cl2N3O2S2/c1-14-6-4-5-11-27(14)20(30)13-28-22-21(16-10-9-15(25)12-18(16)26)33-24(32)29(22)19-8-3-2-7-17(19)23(28)31/h2-3,7-10,12,14H,4-6,11,13H2,1H3/t14-/m1/s1. The molecule has 0 spiro atoms. The Kier molecular flexibility index (Phi) is 6.07. The number of likely N-dealkylation sites (tertiary alicyclic amines) is 1. The molecule has 9 heteroatoms. The molecular formula is C24H21Cl2N3O2S2. The van der Waals surface area contributed by atoms with Gasteiger partial charge < -0.3 is 4.90 Å². The number of fused-ring (bicyclic) bond motifs is 3. The summed E-state index contributed by atoms with van der Waals surface area (Å²) in [6, 6.07) is 12.8. The second-order valence-corrected chi connectivity index (χ2v) is 10.8. The summed E-state index contributed by atoms with van der Waals surface area (Å²) in [5.41, 5.74) is 1.80. The van der Waals surface area contributed by atoms with E-state index in [1.807, 2.05) is 33.6 Å². The van der Waals surface area contributed by atoms with Crippen LogP contribution in [-0.4, -0.2) is 32.4 Å². The van der Waals surface area contributed by atoms with Crippen LogP contribution in [0.1, 0.15) is 26.2 Å². The predicted octanol–water partition coefficient (Wildman–Crippen LogP) is 6.42. The van der Waals surface area contributed by atoms with Crippen molar-refractivity contribution in [1.82, 2.24) is 13.9 Å². The number of amides is 1. The second-order valence-electron chi connectivity index (χ2n) is 8.32. The molecule has 1 atom stereocenters. The summed E-state index contributed by atoms with van der Waals surface area (Å²) in [6.45, 7) is 2.72. The van der Waals surface area contributed by atoms with E-state index in [9.17, 15) is 9.59 Å². The summed E-state index contributed by atoms with van der Waals surface area (Å²) in [6.07, 6.45) is 3.07. The van der Waals surface area contributed by atoms with E-state index in [0.717, 1.165) is 29.7 Å². The predicted molar refractivity (Wildman–Crippen MR) is 138 cm³/mol. The van der Waals surface area contributed by atoms with Gasteiger partial charge in [0, 0.05) is 23.2 Å². The second kappa shape index (κ2) is 8.87. The molecule has 0 N–H and O–H groups in total. The summed E-state index contributed by atoms with van der Waals surface area (Å²) in [5, 5.41) is 1.50. The van der Waals surface area contributed by atoms with Crippen molar-refractivity contribution in [3.8, 4) is 10.4 Å². The van der Waals surface area contributed by atoms with Crippen LogP contribution < -0.4 is 5.56 Å². The number of benzene rings is 2. The maximum Gasteiger partial charge on any atom is 0.262 e. The summed E-state index contributed by atoms with van der Waals surface area (Å²) in [5.74, 6) is -0.0632. The third-order valence-corrected chi connectivity index (χ3v) is 8.20. The average molecular weight is 518 g/mol. The van der Waals surface area contributed by atoms with Crippen LogP contribution in [0.3, 0.4) is 0 Å². The number of thiazole rings is 1. The van der Waals surface area contributed by atoms with Gasteiger partial charge in [-0.1, -0.05) is 41.4 Å². The number of piperidine rings is 1. The molecule has 1 fully saturated rings. The third kappa shape index (κ3) is 3.91. The number of carbonyl (C=O) groups is 1. The molecule has 0 unspecified atom stereocenters. The van der Waals surface area contributed by atoms with Gasteiger partial charge in [0.15, 0.2) is 3.95 Å². The Morgan fingerprint density at radius 2 is 1.97 bits per heavy atom. The highest BCUT2D eigenvalue weighted by Gasteiger charge is 2.26. The first-order valence-electron chi connectivity index (χ1n) is 10.8. The Morgan fingerprint density at radius 3 is 2.73 bits per heavy atom. The smallest absolute Gasteiger partial charge is 0.262 e. The number of rotatable bonds is 3. The highest BCUT2D eigenvalue weighted by molar-refractivity contribution is 7.73. The van der Waals surface area contributed by atoms with Crippen LogP contribution in [0, 0.1) is 3.95 Å². The van der Waals surface area contributed by atoms with Crippen LogP contribution in [0.25, 0.3) is 27.0 Å². The third-order valence-electron chi connectivity index (χ3n) is 6.26. The maximum absolute atomic E-state index is 13.7. The van der Waals surface area contributed by atoms with Crippen molar-refractivity contribution in [2.24, 2.45) is 0 Å². The van der Waals surface area contributed by atoms with Gasteiger partial charge in [0.1, 0.15) is 12.2 Å². The molecule has 0 aliphatic carbocycles. The summed E-state index contributed by atoms with van der Waals surface area (Å²) < 4.78 is 4.01. The lowest BCUT2D eigenvalue weighted by Crippen LogP contribution is -2.44. The summed E-state index contributed by atoms with van der Waals surface area (Å²) in [7, 11) is 0. The average Bonchev–Trinajstić information content (AvgIpc) is 3.13. The Balaban J connectivity index is 1.79. The molecule has 1 aliphatic rings. The molecule has 3 heterocycles. The molecule has 0 bridgehead atoms. The molecule has 0 radical (unpaired) electrons. The Morgan fingerprint density at radius 1 is 1.18 bits per heavy atom. The van der Waals surface area contributed by atoms with Gasteiger partial charge >= 0.3 is 0 Å². The Labute approximate surface area is 209 Å². The number of hydrogen-bond acceptors (Lipinski definition) is 4. The molecule has 170 valence electrons. The minimum Gasteiger partial charge on any atom is -0.338 e. The number of hydrogen-bond donors (Lipinski definition) is 0. The molecule has 2 aromatic carbocycles. The molecule has 5 rings (SSSR count). The number of halogens is 2. The molecule has 1 aliphatic heterocycles. The fraction of sp³-hybridized carbons (Fsp3) is 0.292. The fourth-order valence-corrected chi connectivity index (χ4v) is 6.63. The van der Waals surface area contributed by atoms with Gasteiger partial charge in [0.05, 0.1) is 20.8 Å². The monoisotopic (exact) mass is 517 g/mol. The van der Waals surface area contributed by atoms with Gasteiger partial charge in [-0.2, -0.15) is 0 Å². The zero-order chi connectivity index (χ0) is 23.3. The van der Waals surface area contributed by atoms with Crippen molar-refractivity contribution >= 4 is 69.2 Å². The van der Waals surface area contributed by atoms with Gasteiger partial charge in [-0.3, -0.25) is 18.6 Å². The van der Waals surface area contributed by atoms with Crippen molar-refractivity contribution in [3.63, 3.8) is 0 Å². The largest absolute Gasteiger partial charge is 0.338 e. The molecule has 4 aromatic rings. The van der Waals surface area contributed by atoms with Gasteiger partial charge in [0.2, 0.25) is 5.91 Å². The fourth-order valence-electron chi connectivity index (χ4n) is 4.60. The quantitative estimate of drug-likeness (QED) is 0.294. The van der Waals surface area contributed by atoms with Crippen molar-refractivity contribution < 1.29 is 4.79 Å². The van der Waals surface area contributed by atoms with E-state index in [4.69, 9.17) is 35.4 Å². The molecule has 33 heavy (non-hydrogen) atoms. The van der Waals surface area contributed by atoms with Crippen molar-refractivity contribution in [1.29, 1.82) is 0 Å². The van der Waals surface area contributed by atoms with Crippen molar-refractivity contribution in [2.75, 3.05) is 6.54 Å². The van der Waals surface area contributed by atoms with E-state index in [0.29, 0.717) is 37.1 Å². The van der Waals surface area contributed by atoms with Crippen LogP contribution in [-0.2, 0) is 11.3 Å². The number of carbonyl (C=O) groups excluding carboxylic acids is 1. The summed E-state index contributed by atoms with van der Waals surface area (Å²) >= 11 is 19.8. The first kappa shape index (κ1) is 22.6. The van der Waals surface area contributed by atoms with Gasteiger partial charge in [-0.25, -0.2) is 0 Å². The van der Waals surface area contributed by atoms with Crippen LogP contribution >= 0.6 is 46.8 Å². The first-order chi connectivity index (χ1) is 15.9. The zero-order valence-electron chi connectivity index (χ0n) is 17.9. The normalized spacial score (nSPS) is 16.6. The van der Waals surface area contributed by atoms with E-state index < -0.39 is 0 Å². The number of nitrogens with zero attached hydrogens (tertiary/aromatic N) is 3. The van der Waals surface area contributed by atoms with E-state index in [-0.39, 0.29) is 24.1 Å². The molecule has 0 saturated carbocycles. The van der Waals surface area contributed by atoms with Crippen molar-refractivity contribution in [2.45, 2.75) is 38.8 Å². The summed E-state index contributed by atoms with van der Waals surface area (Å²) in [4.78, 5) is 29.7. The Hall–Kier alpha value is -2.19. The molecule has 1 saturated heterocycles. The number of para-hydroxylation sites is 1. The molecule has 5 nitrogen and oxygen atoms in total. The topological polar surface area (TPSA) is 46.7 Å². The molecular weight excluding hydrogens is 497 g/mol. The van der Waals surface area contributed by atoms with E-state index in [2.05, 4.69) is 6.92 Å². The van der Waals surface area contributed by atoms with Crippen LogP contribution in [0.4, 0.5) is 0 Å². The number of aromatic nitrogens is 2. The lowest BCUT2D eigenvalue weighted by molar-refractivity contribution is -0.135. The zero-order valence-corrected chi connectivity index (χ0v) is 21.0. The molecule has 1 amide bonds. The lowest BCUT2D eigenvalue weighted by atomic mass is 10.0. The van der Waals surface area contributed by atoms with E-state index >= 15 is 0 Å². The van der Waals surface area contributed by atoms with E-state index in [1.165, 1.54) is 11.3 Å². The Bertz CT molecular complexity index is 1520. The van der Waals surface area contributed by atoms with Crippen LogP contribution in [0.15, 0.2) is 47.3 Å². The van der Waals surface area contributed by atoms with Crippen LogP contribution in [0.5, 0.6) is 0 Å². The van der Waals surface area contributed by atoms with Gasteiger partial charge in [-0.05, 0) is 62.7 Å². The maximum atomic E-state index is 13.7.